The standard InChI is InChI=1S/C18H22NO2S/c1-13(2)16-11-8-12-17(14(3)4)18(16)19-22(20,21)15-9-6-5-7-10-15/h6-14,19H,1-4H3. The average molecular weight is 316 g/mol. The number of nitrogens with one attached hydrogen (secondary N) is 1. The van der Waals surface area contributed by atoms with Gasteiger partial charge in [-0.05, 0) is 41.2 Å². The Morgan fingerprint density at radius 2 is 1.41 bits per heavy atom. The number of hydrogen-bond donors (Lipinski definition) is 1. The van der Waals surface area contributed by atoms with Crippen molar-refractivity contribution in [3.8, 4) is 0 Å². The van der Waals surface area contributed by atoms with Gasteiger partial charge in [0.05, 0.1) is 10.6 Å². The summed E-state index contributed by atoms with van der Waals surface area (Å²) in [5.74, 6) is 0.473. The monoisotopic (exact) mass is 316 g/mol. The van der Waals surface area contributed by atoms with Crippen LogP contribution in [0.15, 0.2) is 47.4 Å². The molecule has 0 saturated carbocycles. The van der Waals surface area contributed by atoms with E-state index >= 15 is 0 Å². The molecular weight excluding hydrogens is 294 g/mol. The molecule has 0 fully saturated rings. The van der Waals surface area contributed by atoms with Gasteiger partial charge in [-0.15, -0.1) is 0 Å². The second kappa shape index (κ2) is 6.53. The molecule has 0 aliphatic rings. The number of benzene rings is 2. The summed E-state index contributed by atoms with van der Waals surface area (Å²) in [6.45, 7) is 8.26. The molecule has 0 aliphatic carbocycles. The summed E-state index contributed by atoms with van der Waals surface area (Å²) < 4.78 is 28.0. The van der Waals surface area contributed by atoms with Gasteiger partial charge in [-0.3, -0.25) is 4.72 Å². The third-order valence-electron chi connectivity index (χ3n) is 3.61. The van der Waals surface area contributed by atoms with Crippen LogP contribution in [0, 0.1) is 6.07 Å². The molecule has 0 aliphatic heterocycles. The maximum atomic E-state index is 12.6. The molecule has 0 amide bonds. The third-order valence-corrected chi connectivity index (χ3v) is 4.97. The van der Waals surface area contributed by atoms with E-state index in [-0.39, 0.29) is 16.7 Å². The van der Waals surface area contributed by atoms with Crippen LogP contribution in [-0.2, 0) is 10.0 Å². The van der Waals surface area contributed by atoms with E-state index in [0.29, 0.717) is 5.69 Å². The first-order valence-corrected chi connectivity index (χ1v) is 8.93. The van der Waals surface area contributed by atoms with Gasteiger partial charge in [0.2, 0.25) is 0 Å². The Morgan fingerprint density at radius 1 is 0.909 bits per heavy atom. The minimum absolute atomic E-state index is 0.237. The van der Waals surface area contributed by atoms with Crippen molar-refractivity contribution in [1.82, 2.24) is 0 Å². The maximum Gasteiger partial charge on any atom is 0.261 e. The van der Waals surface area contributed by atoms with Crippen molar-refractivity contribution >= 4 is 15.7 Å². The molecule has 2 rings (SSSR count). The topological polar surface area (TPSA) is 46.2 Å². The first kappa shape index (κ1) is 16.6. The summed E-state index contributed by atoms with van der Waals surface area (Å²) in [5.41, 5.74) is 2.73. The summed E-state index contributed by atoms with van der Waals surface area (Å²) >= 11 is 0. The zero-order chi connectivity index (χ0) is 16.3. The lowest BCUT2D eigenvalue weighted by Crippen LogP contribution is -2.16. The molecule has 0 bridgehead atoms. The minimum atomic E-state index is -3.60. The quantitative estimate of drug-likeness (QED) is 0.880. The van der Waals surface area contributed by atoms with Crippen molar-refractivity contribution in [3.63, 3.8) is 0 Å². The summed E-state index contributed by atoms with van der Waals surface area (Å²) in [5, 5.41) is 0. The minimum Gasteiger partial charge on any atom is -0.279 e. The van der Waals surface area contributed by atoms with E-state index in [4.69, 9.17) is 0 Å². The molecule has 0 unspecified atom stereocenters. The summed E-state index contributed by atoms with van der Waals surface area (Å²) in [6, 6.07) is 15.1. The van der Waals surface area contributed by atoms with E-state index in [1.807, 2.05) is 18.2 Å². The maximum absolute atomic E-state index is 12.6. The van der Waals surface area contributed by atoms with Crippen LogP contribution in [0.25, 0.3) is 0 Å². The van der Waals surface area contributed by atoms with Crippen molar-refractivity contribution < 1.29 is 8.42 Å². The predicted octanol–water partition coefficient (Wildman–Crippen LogP) is 4.53. The van der Waals surface area contributed by atoms with Crippen molar-refractivity contribution in [2.24, 2.45) is 0 Å². The van der Waals surface area contributed by atoms with Gasteiger partial charge in [0, 0.05) is 0 Å². The molecule has 0 aromatic heterocycles. The predicted molar refractivity (Wildman–Crippen MR) is 90.7 cm³/mol. The number of rotatable bonds is 5. The molecule has 0 saturated heterocycles. The van der Waals surface area contributed by atoms with Crippen LogP contribution >= 0.6 is 0 Å². The number of sulfonamides is 1. The smallest absolute Gasteiger partial charge is 0.261 e. The van der Waals surface area contributed by atoms with Gasteiger partial charge in [0.1, 0.15) is 0 Å². The van der Waals surface area contributed by atoms with Crippen molar-refractivity contribution in [1.29, 1.82) is 0 Å². The molecule has 117 valence electrons. The lowest BCUT2D eigenvalue weighted by molar-refractivity contribution is 0.601. The normalized spacial score (nSPS) is 11.9. The highest BCUT2D eigenvalue weighted by molar-refractivity contribution is 7.92. The highest BCUT2D eigenvalue weighted by Crippen LogP contribution is 2.33. The van der Waals surface area contributed by atoms with E-state index in [9.17, 15) is 8.42 Å². The first-order valence-electron chi connectivity index (χ1n) is 7.44. The Bertz CT molecular complexity index is 709. The molecule has 2 aromatic carbocycles. The lowest BCUT2D eigenvalue weighted by Gasteiger charge is -2.20. The molecule has 0 heterocycles. The Kier molecular flexibility index (Phi) is 4.91. The highest BCUT2D eigenvalue weighted by atomic mass is 32.2. The Labute approximate surface area is 133 Å². The van der Waals surface area contributed by atoms with E-state index in [2.05, 4.69) is 38.5 Å². The molecule has 1 N–H and O–H groups in total. The van der Waals surface area contributed by atoms with Gasteiger partial charge in [0.15, 0.2) is 0 Å². The van der Waals surface area contributed by atoms with E-state index < -0.39 is 10.0 Å². The van der Waals surface area contributed by atoms with Crippen LogP contribution in [-0.4, -0.2) is 8.42 Å². The fourth-order valence-corrected chi connectivity index (χ4v) is 3.53. The van der Waals surface area contributed by atoms with E-state index in [1.54, 1.807) is 24.3 Å². The van der Waals surface area contributed by atoms with Crippen LogP contribution in [0.2, 0.25) is 0 Å². The van der Waals surface area contributed by atoms with Crippen LogP contribution in [0.1, 0.15) is 50.7 Å². The summed E-state index contributed by atoms with van der Waals surface area (Å²) in [6.07, 6.45) is 0. The van der Waals surface area contributed by atoms with Crippen LogP contribution < -0.4 is 4.72 Å². The van der Waals surface area contributed by atoms with Gasteiger partial charge in [-0.1, -0.05) is 58.0 Å². The molecule has 3 nitrogen and oxygen atoms in total. The molecule has 1 radical (unpaired) electrons. The Balaban J connectivity index is 2.53. The van der Waals surface area contributed by atoms with Gasteiger partial charge in [-0.2, -0.15) is 0 Å². The molecular formula is C18H22NO2S. The van der Waals surface area contributed by atoms with Crippen LogP contribution in [0.4, 0.5) is 5.69 Å². The molecule has 0 atom stereocenters. The first-order chi connectivity index (χ1) is 10.3. The van der Waals surface area contributed by atoms with Gasteiger partial charge >= 0.3 is 0 Å². The Hall–Kier alpha value is -1.81. The fourth-order valence-electron chi connectivity index (χ4n) is 2.41. The van der Waals surface area contributed by atoms with Gasteiger partial charge < -0.3 is 0 Å². The van der Waals surface area contributed by atoms with Crippen molar-refractivity contribution in [3.05, 3.63) is 59.7 Å². The fraction of sp³-hybridized carbons (Fsp3) is 0.333. The Morgan fingerprint density at radius 3 is 1.86 bits per heavy atom. The SMILES string of the molecule is CC(C)c1cccc(C(C)C)c1NS(=O)(=O)c1cc[c]cc1. The summed E-state index contributed by atoms with van der Waals surface area (Å²) in [4.78, 5) is 0.250. The van der Waals surface area contributed by atoms with Crippen molar-refractivity contribution in [2.45, 2.75) is 44.4 Å². The largest absolute Gasteiger partial charge is 0.279 e. The number of anilines is 1. The van der Waals surface area contributed by atoms with Crippen LogP contribution in [0.3, 0.4) is 0 Å². The summed E-state index contributed by atoms with van der Waals surface area (Å²) in [7, 11) is -3.60. The third kappa shape index (κ3) is 3.50. The highest BCUT2D eigenvalue weighted by Gasteiger charge is 2.20. The molecule has 0 spiro atoms. The van der Waals surface area contributed by atoms with Gasteiger partial charge in [-0.25, -0.2) is 8.42 Å². The second-order valence-corrected chi connectivity index (χ2v) is 7.64. The van der Waals surface area contributed by atoms with Crippen molar-refractivity contribution in [2.75, 3.05) is 4.72 Å². The van der Waals surface area contributed by atoms with E-state index in [1.165, 1.54) is 0 Å². The number of hydrogen-bond acceptors (Lipinski definition) is 2. The van der Waals surface area contributed by atoms with E-state index in [0.717, 1.165) is 11.1 Å². The zero-order valence-electron chi connectivity index (χ0n) is 13.4. The molecule has 22 heavy (non-hydrogen) atoms. The molecule has 4 heteroatoms. The second-order valence-electron chi connectivity index (χ2n) is 5.96. The van der Waals surface area contributed by atoms with Crippen LogP contribution in [0.5, 0.6) is 0 Å². The average Bonchev–Trinajstić information content (AvgIpc) is 2.47. The lowest BCUT2D eigenvalue weighted by atomic mass is 9.93. The number of para-hydroxylation sites is 1. The molecule has 2 aromatic rings. The van der Waals surface area contributed by atoms with Gasteiger partial charge in [0.25, 0.3) is 10.0 Å². The zero-order valence-corrected chi connectivity index (χ0v) is 14.2.